The minimum atomic E-state index is -0.655. The van der Waals surface area contributed by atoms with Crippen LogP contribution < -0.4 is 5.32 Å². The summed E-state index contributed by atoms with van der Waals surface area (Å²) in [4.78, 5) is 0. The largest absolute Gasteiger partial charge is 0.467 e. The monoisotopic (exact) mass is 279 g/mol. The summed E-state index contributed by atoms with van der Waals surface area (Å²) < 4.78 is 6.95. The number of rotatable bonds is 7. The topological polar surface area (TPSA) is 83.5 Å². The summed E-state index contributed by atoms with van der Waals surface area (Å²) >= 11 is 0. The van der Waals surface area contributed by atoms with Crippen molar-refractivity contribution in [1.29, 1.82) is 0 Å². The molecule has 0 aromatic carbocycles. The van der Waals surface area contributed by atoms with Gasteiger partial charge in [-0.2, -0.15) is 5.10 Å². The fourth-order valence-corrected chi connectivity index (χ4v) is 2.22. The van der Waals surface area contributed by atoms with Crippen LogP contribution in [0.1, 0.15) is 28.8 Å². The highest BCUT2D eigenvalue weighted by molar-refractivity contribution is 5.24. The molecule has 0 radical (unpaired) electrons. The summed E-state index contributed by atoms with van der Waals surface area (Å²) in [7, 11) is 0. The van der Waals surface area contributed by atoms with Crippen molar-refractivity contribution in [3.8, 4) is 0 Å². The van der Waals surface area contributed by atoms with Crippen molar-refractivity contribution >= 4 is 0 Å². The second-order valence-corrected chi connectivity index (χ2v) is 4.76. The predicted octanol–water partition coefficient (Wildman–Crippen LogP) is 0.908. The number of furan rings is 1. The van der Waals surface area contributed by atoms with Crippen LogP contribution in [0.5, 0.6) is 0 Å². The van der Waals surface area contributed by atoms with Crippen molar-refractivity contribution in [2.45, 2.75) is 33.0 Å². The zero-order valence-corrected chi connectivity index (χ0v) is 11.8. The van der Waals surface area contributed by atoms with E-state index >= 15 is 0 Å². The molecule has 0 saturated heterocycles. The smallest absolute Gasteiger partial charge is 0.133 e. The molecule has 1 unspecified atom stereocenters. The van der Waals surface area contributed by atoms with Crippen LogP contribution in [0.4, 0.5) is 0 Å². The molecule has 3 N–H and O–H groups in total. The number of nitrogens with zero attached hydrogens (tertiary/aromatic N) is 2. The highest BCUT2D eigenvalue weighted by Gasteiger charge is 2.13. The molecule has 2 rings (SSSR count). The summed E-state index contributed by atoms with van der Waals surface area (Å²) in [6.07, 6.45) is 0.893. The lowest BCUT2D eigenvalue weighted by atomic mass is 10.2. The van der Waals surface area contributed by atoms with Gasteiger partial charge in [-0.25, -0.2) is 0 Å². The Morgan fingerprint density at radius 2 is 2.25 bits per heavy atom. The van der Waals surface area contributed by atoms with Crippen molar-refractivity contribution in [2.75, 3.05) is 13.2 Å². The zero-order valence-electron chi connectivity index (χ0n) is 11.8. The number of nitrogens with one attached hydrogen (secondary N) is 1. The first kappa shape index (κ1) is 14.8. The molecular formula is C14H21N3O3. The third kappa shape index (κ3) is 3.27. The molecule has 0 aliphatic heterocycles. The van der Waals surface area contributed by atoms with Gasteiger partial charge < -0.3 is 19.9 Å². The third-order valence-corrected chi connectivity index (χ3v) is 3.35. The molecule has 2 heterocycles. The standard InChI is InChI=1S/C14H21N3O3/c1-10-12(11(2)17(16-10)5-6-18)8-15-9-13(19)14-4-3-7-20-14/h3-4,7,13,15,18-19H,5-6,8-9H2,1-2H3. The van der Waals surface area contributed by atoms with Gasteiger partial charge in [0.2, 0.25) is 0 Å². The molecular weight excluding hydrogens is 258 g/mol. The third-order valence-electron chi connectivity index (χ3n) is 3.35. The van der Waals surface area contributed by atoms with Gasteiger partial charge in [-0.1, -0.05) is 0 Å². The number of aryl methyl sites for hydroxylation is 1. The van der Waals surface area contributed by atoms with E-state index in [0.29, 0.717) is 25.4 Å². The van der Waals surface area contributed by atoms with E-state index in [0.717, 1.165) is 17.0 Å². The van der Waals surface area contributed by atoms with Crippen LogP contribution in [-0.4, -0.2) is 33.1 Å². The molecule has 0 saturated carbocycles. The lowest BCUT2D eigenvalue weighted by Gasteiger charge is -2.10. The summed E-state index contributed by atoms with van der Waals surface area (Å²) in [6.45, 7) is 5.54. The SMILES string of the molecule is Cc1nn(CCO)c(C)c1CNCC(O)c1ccco1. The van der Waals surface area contributed by atoms with Crippen molar-refractivity contribution < 1.29 is 14.6 Å². The second kappa shape index (κ2) is 6.69. The Bertz CT molecular complexity index is 534. The van der Waals surface area contributed by atoms with Gasteiger partial charge in [0.1, 0.15) is 11.9 Å². The van der Waals surface area contributed by atoms with Gasteiger partial charge in [-0.15, -0.1) is 0 Å². The summed E-state index contributed by atoms with van der Waals surface area (Å²) in [5, 5.41) is 26.5. The van der Waals surface area contributed by atoms with Gasteiger partial charge >= 0.3 is 0 Å². The summed E-state index contributed by atoms with van der Waals surface area (Å²) in [6, 6.07) is 3.51. The minimum absolute atomic E-state index is 0.0754. The average molecular weight is 279 g/mol. The Morgan fingerprint density at radius 1 is 1.45 bits per heavy atom. The molecule has 110 valence electrons. The van der Waals surface area contributed by atoms with Gasteiger partial charge in [0.15, 0.2) is 0 Å². The molecule has 0 amide bonds. The highest BCUT2D eigenvalue weighted by Crippen LogP contribution is 2.14. The molecule has 2 aromatic heterocycles. The van der Waals surface area contributed by atoms with E-state index in [4.69, 9.17) is 9.52 Å². The predicted molar refractivity (Wildman–Crippen MR) is 74.2 cm³/mol. The Balaban J connectivity index is 1.91. The first-order chi connectivity index (χ1) is 9.63. The van der Waals surface area contributed by atoms with E-state index in [1.165, 1.54) is 0 Å². The molecule has 0 aliphatic rings. The molecule has 6 heteroatoms. The number of hydrogen-bond donors (Lipinski definition) is 3. The van der Waals surface area contributed by atoms with Crippen molar-refractivity contribution in [2.24, 2.45) is 0 Å². The van der Waals surface area contributed by atoms with Crippen LogP contribution in [0.2, 0.25) is 0 Å². The molecule has 0 bridgehead atoms. The van der Waals surface area contributed by atoms with Crippen molar-refractivity contribution in [1.82, 2.24) is 15.1 Å². The molecule has 0 aliphatic carbocycles. The number of aromatic nitrogens is 2. The lowest BCUT2D eigenvalue weighted by molar-refractivity contribution is 0.147. The molecule has 0 spiro atoms. The summed E-state index contributed by atoms with van der Waals surface area (Å²) in [5.41, 5.74) is 3.08. The first-order valence-electron chi connectivity index (χ1n) is 6.69. The van der Waals surface area contributed by atoms with Crippen LogP contribution in [0.15, 0.2) is 22.8 Å². The van der Waals surface area contributed by atoms with Crippen LogP contribution in [0.25, 0.3) is 0 Å². The van der Waals surface area contributed by atoms with Crippen molar-refractivity contribution in [3.05, 3.63) is 41.1 Å². The van der Waals surface area contributed by atoms with E-state index in [1.807, 2.05) is 13.8 Å². The number of aliphatic hydroxyl groups is 2. The molecule has 1 atom stereocenters. The van der Waals surface area contributed by atoms with Crippen LogP contribution in [0.3, 0.4) is 0 Å². The summed E-state index contributed by atoms with van der Waals surface area (Å²) in [5.74, 6) is 0.557. The maximum Gasteiger partial charge on any atom is 0.133 e. The normalized spacial score (nSPS) is 12.8. The number of aliphatic hydroxyl groups excluding tert-OH is 2. The Hall–Kier alpha value is -1.63. The first-order valence-corrected chi connectivity index (χ1v) is 6.69. The van der Waals surface area contributed by atoms with E-state index < -0.39 is 6.10 Å². The molecule has 2 aromatic rings. The molecule has 20 heavy (non-hydrogen) atoms. The molecule has 0 fully saturated rings. The van der Waals surface area contributed by atoms with Crippen LogP contribution >= 0.6 is 0 Å². The Morgan fingerprint density at radius 3 is 2.90 bits per heavy atom. The van der Waals surface area contributed by atoms with Gasteiger partial charge in [-0.05, 0) is 26.0 Å². The maximum atomic E-state index is 9.91. The fraction of sp³-hybridized carbons (Fsp3) is 0.500. The minimum Gasteiger partial charge on any atom is -0.467 e. The Kier molecular flexibility index (Phi) is 4.94. The maximum absolute atomic E-state index is 9.91. The van der Waals surface area contributed by atoms with Gasteiger partial charge in [0.25, 0.3) is 0 Å². The van der Waals surface area contributed by atoms with Crippen LogP contribution in [-0.2, 0) is 13.1 Å². The van der Waals surface area contributed by atoms with Crippen LogP contribution in [0, 0.1) is 13.8 Å². The average Bonchev–Trinajstić information content (AvgIpc) is 3.03. The zero-order chi connectivity index (χ0) is 14.5. The quantitative estimate of drug-likeness (QED) is 0.701. The lowest BCUT2D eigenvalue weighted by Crippen LogP contribution is -2.21. The van der Waals surface area contributed by atoms with Crippen molar-refractivity contribution in [3.63, 3.8) is 0 Å². The number of hydrogen-bond acceptors (Lipinski definition) is 5. The van der Waals surface area contributed by atoms with E-state index in [9.17, 15) is 5.11 Å². The van der Waals surface area contributed by atoms with E-state index in [-0.39, 0.29) is 6.61 Å². The van der Waals surface area contributed by atoms with Gasteiger partial charge in [0, 0.05) is 24.3 Å². The van der Waals surface area contributed by atoms with E-state index in [2.05, 4.69) is 10.4 Å². The molecule has 6 nitrogen and oxygen atoms in total. The second-order valence-electron chi connectivity index (χ2n) is 4.76. The van der Waals surface area contributed by atoms with Gasteiger partial charge in [-0.3, -0.25) is 4.68 Å². The highest BCUT2D eigenvalue weighted by atomic mass is 16.4. The van der Waals surface area contributed by atoms with E-state index in [1.54, 1.807) is 23.1 Å². The Labute approximate surface area is 118 Å². The fourth-order valence-electron chi connectivity index (χ4n) is 2.22. The van der Waals surface area contributed by atoms with Gasteiger partial charge in [0.05, 0.1) is 25.1 Å².